The van der Waals surface area contributed by atoms with Gasteiger partial charge in [0.15, 0.2) is 5.16 Å². The summed E-state index contributed by atoms with van der Waals surface area (Å²) in [5.41, 5.74) is 2.49. The van der Waals surface area contributed by atoms with E-state index in [-0.39, 0.29) is 11.5 Å². The van der Waals surface area contributed by atoms with Gasteiger partial charge in [-0.05, 0) is 49.7 Å². The van der Waals surface area contributed by atoms with Crippen LogP contribution in [0.25, 0.3) is 16.7 Å². The molecule has 0 saturated carbocycles. The number of rotatable bonds is 9. The Morgan fingerprint density at radius 3 is 2.53 bits per heavy atom. The van der Waals surface area contributed by atoms with Crippen molar-refractivity contribution in [2.45, 2.75) is 50.1 Å². The Kier molecular flexibility index (Phi) is 7.21. The van der Waals surface area contributed by atoms with E-state index in [9.17, 15) is 9.59 Å². The second-order valence-electron chi connectivity index (χ2n) is 8.49. The summed E-state index contributed by atoms with van der Waals surface area (Å²) in [7, 11) is 3.95. The van der Waals surface area contributed by atoms with Crippen molar-refractivity contribution in [1.82, 2.24) is 19.2 Å². The van der Waals surface area contributed by atoms with E-state index in [0.717, 1.165) is 36.2 Å². The number of anilines is 2. The van der Waals surface area contributed by atoms with Gasteiger partial charge in [-0.15, -0.1) is 10.2 Å². The number of amides is 1. The van der Waals surface area contributed by atoms with Crippen LogP contribution in [0.4, 0.5) is 11.4 Å². The lowest BCUT2D eigenvalue weighted by atomic mass is 10.2. The van der Waals surface area contributed by atoms with Gasteiger partial charge in [0.1, 0.15) is 0 Å². The number of aromatic nitrogens is 4. The molecule has 4 rings (SSSR count). The van der Waals surface area contributed by atoms with Gasteiger partial charge < -0.3 is 10.2 Å². The van der Waals surface area contributed by atoms with Crippen LogP contribution in [0.1, 0.15) is 33.1 Å². The number of aryl methyl sites for hydroxylation is 1. The summed E-state index contributed by atoms with van der Waals surface area (Å²) in [6.45, 7) is 4.56. The van der Waals surface area contributed by atoms with Gasteiger partial charge in [0.25, 0.3) is 5.56 Å². The molecule has 0 aliphatic carbocycles. The highest BCUT2D eigenvalue weighted by atomic mass is 32.2. The summed E-state index contributed by atoms with van der Waals surface area (Å²) in [6.07, 6.45) is 3.00. The Labute approximate surface area is 203 Å². The fraction of sp³-hybridized carbons (Fsp3) is 0.360. The molecule has 1 N–H and O–H groups in total. The smallest absolute Gasteiger partial charge is 0.262 e. The number of carbonyl (C=O) groups is 1. The molecule has 34 heavy (non-hydrogen) atoms. The first kappa shape index (κ1) is 23.8. The topological polar surface area (TPSA) is 84.5 Å². The fourth-order valence-electron chi connectivity index (χ4n) is 3.83. The predicted octanol–water partition coefficient (Wildman–Crippen LogP) is 4.42. The average Bonchev–Trinajstić information content (AvgIpc) is 3.25. The molecule has 0 radical (unpaired) electrons. The van der Waals surface area contributed by atoms with Crippen molar-refractivity contribution in [3.63, 3.8) is 0 Å². The Bertz CT molecular complexity index is 1360. The maximum absolute atomic E-state index is 13.2. The lowest BCUT2D eigenvalue weighted by molar-refractivity contribution is -0.115. The van der Waals surface area contributed by atoms with Crippen LogP contribution < -0.4 is 15.8 Å². The third-order valence-corrected chi connectivity index (χ3v) is 6.81. The Balaban J connectivity index is 1.62. The monoisotopic (exact) mass is 478 g/mol. The molecule has 1 unspecified atom stereocenters. The third kappa shape index (κ3) is 4.79. The molecule has 8 nitrogen and oxygen atoms in total. The number of benzene rings is 2. The highest BCUT2D eigenvalue weighted by Gasteiger charge is 2.21. The molecule has 1 amide bonds. The third-order valence-electron chi connectivity index (χ3n) is 5.77. The maximum atomic E-state index is 13.2. The normalized spacial score (nSPS) is 12.2. The Morgan fingerprint density at radius 2 is 1.82 bits per heavy atom. The van der Waals surface area contributed by atoms with Gasteiger partial charge in [-0.1, -0.05) is 43.7 Å². The van der Waals surface area contributed by atoms with Gasteiger partial charge >= 0.3 is 0 Å². The van der Waals surface area contributed by atoms with Crippen molar-refractivity contribution in [3.8, 4) is 0 Å². The van der Waals surface area contributed by atoms with Crippen molar-refractivity contribution >= 4 is 45.7 Å². The standard InChI is InChI=1S/C25H30N6O2S/c1-5-6-9-16-30-23(33)20-10-7-8-11-21(20)31-24(30)27-28-25(31)34-17(2)22(32)26-18-12-14-19(15-13-18)29(3)4/h7-8,10-15,17H,5-6,9,16H2,1-4H3,(H,26,32). The summed E-state index contributed by atoms with van der Waals surface area (Å²) in [6, 6.07) is 15.2. The van der Waals surface area contributed by atoms with Crippen molar-refractivity contribution in [2.75, 3.05) is 24.3 Å². The van der Waals surface area contributed by atoms with Crippen LogP contribution in [-0.4, -0.2) is 44.4 Å². The molecule has 178 valence electrons. The number of nitrogens with zero attached hydrogens (tertiary/aromatic N) is 5. The molecule has 2 heterocycles. The number of hydrogen-bond donors (Lipinski definition) is 1. The van der Waals surface area contributed by atoms with Crippen LogP contribution in [0, 0.1) is 0 Å². The van der Waals surface area contributed by atoms with Crippen LogP contribution in [0.2, 0.25) is 0 Å². The number of nitrogens with one attached hydrogen (secondary N) is 1. The number of thioether (sulfide) groups is 1. The van der Waals surface area contributed by atoms with E-state index in [2.05, 4.69) is 22.4 Å². The van der Waals surface area contributed by atoms with Crippen LogP contribution in [0.5, 0.6) is 0 Å². The average molecular weight is 479 g/mol. The van der Waals surface area contributed by atoms with Gasteiger partial charge in [-0.3, -0.25) is 18.6 Å². The summed E-state index contributed by atoms with van der Waals surface area (Å²) in [5, 5.41) is 12.5. The van der Waals surface area contributed by atoms with Crippen LogP contribution in [0.3, 0.4) is 0 Å². The molecule has 2 aromatic heterocycles. The molecule has 9 heteroatoms. The van der Waals surface area contributed by atoms with Crippen LogP contribution >= 0.6 is 11.8 Å². The number of unbranched alkanes of at least 4 members (excludes halogenated alkanes) is 2. The molecule has 0 saturated heterocycles. The van der Waals surface area contributed by atoms with E-state index in [4.69, 9.17) is 0 Å². The number of carbonyl (C=O) groups excluding carboxylic acids is 1. The quantitative estimate of drug-likeness (QED) is 0.283. The van der Waals surface area contributed by atoms with E-state index in [1.165, 1.54) is 11.8 Å². The molecule has 0 spiro atoms. The SMILES string of the molecule is CCCCCn1c(=O)c2ccccc2n2c(SC(C)C(=O)Nc3ccc(N(C)C)cc3)nnc12. The second kappa shape index (κ2) is 10.3. The molecule has 4 aromatic rings. The Hall–Kier alpha value is -3.33. The van der Waals surface area contributed by atoms with Gasteiger partial charge in [0.05, 0.1) is 16.2 Å². The number of hydrogen-bond acceptors (Lipinski definition) is 6. The van der Waals surface area contributed by atoms with Crippen LogP contribution in [0.15, 0.2) is 58.5 Å². The summed E-state index contributed by atoms with van der Waals surface area (Å²) >= 11 is 1.33. The molecular weight excluding hydrogens is 448 g/mol. The summed E-state index contributed by atoms with van der Waals surface area (Å²) < 4.78 is 3.59. The van der Waals surface area contributed by atoms with E-state index in [0.29, 0.717) is 22.9 Å². The second-order valence-corrected chi connectivity index (χ2v) is 9.80. The van der Waals surface area contributed by atoms with Crippen molar-refractivity contribution in [2.24, 2.45) is 0 Å². The molecule has 0 aliphatic rings. The van der Waals surface area contributed by atoms with Gasteiger partial charge in [0.2, 0.25) is 11.7 Å². The van der Waals surface area contributed by atoms with Crippen molar-refractivity contribution < 1.29 is 4.79 Å². The number of fused-ring (bicyclic) bond motifs is 3. The van der Waals surface area contributed by atoms with Gasteiger partial charge in [-0.25, -0.2) is 0 Å². The summed E-state index contributed by atoms with van der Waals surface area (Å²) in [5.74, 6) is 0.383. The largest absolute Gasteiger partial charge is 0.378 e. The number of para-hydroxylation sites is 1. The van der Waals surface area contributed by atoms with Crippen molar-refractivity contribution in [3.05, 3.63) is 58.9 Å². The summed E-state index contributed by atoms with van der Waals surface area (Å²) in [4.78, 5) is 28.1. The highest BCUT2D eigenvalue weighted by molar-refractivity contribution is 8.00. The van der Waals surface area contributed by atoms with Gasteiger partial charge in [-0.2, -0.15) is 0 Å². The predicted molar refractivity (Wildman–Crippen MR) is 139 cm³/mol. The Morgan fingerprint density at radius 1 is 1.09 bits per heavy atom. The van der Waals surface area contributed by atoms with E-state index in [1.54, 1.807) is 4.57 Å². The lowest BCUT2D eigenvalue weighted by Crippen LogP contribution is -2.24. The first-order valence-corrected chi connectivity index (χ1v) is 12.4. The van der Waals surface area contributed by atoms with E-state index >= 15 is 0 Å². The fourth-order valence-corrected chi connectivity index (χ4v) is 4.69. The van der Waals surface area contributed by atoms with Crippen LogP contribution in [-0.2, 0) is 11.3 Å². The molecule has 1 atom stereocenters. The minimum absolute atomic E-state index is 0.0601. The minimum atomic E-state index is -0.417. The zero-order valence-corrected chi connectivity index (χ0v) is 20.8. The van der Waals surface area contributed by atoms with E-state index in [1.807, 2.05) is 78.9 Å². The zero-order chi connectivity index (χ0) is 24.2. The molecule has 0 fully saturated rings. The maximum Gasteiger partial charge on any atom is 0.262 e. The molecule has 2 aromatic carbocycles. The molecular formula is C25H30N6O2S. The highest BCUT2D eigenvalue weighted by Crippen LogP contribution is 2.26. The first-order chi connectivity index (χ1) is 16.4. The first-order valence-electron chi connectivity index (χ1n) is 11.5. The lowest BCUT2D eigenvalue weighted by Gasteiger charge is -2.15. The minimum Gasteiger partial charge on any atom is -0.378 e. The van der Waals surface area contributed by atoms with E-state index < -0.39 is 5.25 Å². The van der Waals surface area contributed by atoms with Crippen molar-refractivity contribution in [1.29, 1.82) is 0 Å². The molecule has 0 aliphatic heterocycles. The van der Waals surface area contributed by atoms with Gasteiger partial charge in [0, 0.05) is 32.0 Å². The zero-order valence-electron chi connectivity index (χ0n) is 20.0. The molecule has 0 bridgehead atoms.